The molecule has 1 N–H and O–H groups in total. The van der Waals surface area contributed by atoms with Gasteiger partial charge in [-0.15, -0.1) is 0 Å². The third kappa shape index (κ3) is 2.70. The first-order chi connectivity index (χ1) is 14.5. The lowest BCUT2D eigenvalue weighted by molar-refractivity contribution is -0.207. The first-order valence-electron chi connectivity index (χ1n) is 12.8. The van der Waals surface area contributed by atoms with Gasteiger partial charge >= 0.3 is 0 Å². The second-order valence-corrected chi connectivity index (χ2v) is 11.6. The summed E-state index contributed by atoms with van der Waals surface area (Å²) in [4.78, 5) is 2.84. The fourth-order valence-corrected chi connectivity index (χ4v) is 8.41. The van der Waals surface area contributed by atoms with Gasteiger partial charge in [0, 0.05) is 18.0 Å². The van der Waals surface area contributed by atoms with Crippen LogP contribution >= 0.6 is 0 Å². The van der Waals surface area contributed by atoms with Gasteiger partial charge in [0.05, 0.1) is 11.2 Å². The van der Waals surface area contributed by atoms with Gasteiger partial charge in [0.1, 0.15) is 5.75 Å². The van der Waals surface area contributed by atoms with Crippen molar-refractivity contribution in [2.24, 2.45) is 11.8 Å². The average molecular weight is 410 g/mol. The number of benzene rings is 1. The van der Waals surface area contributed by atoms with Crippen LogP contribution in [0.25, 0.3) is 0 Å². The van der Waals surface area contributed by atoms with E-state index in [1.54, 1.807) is 0 Å². The van der Waals surface area contributed by atoms with E-state index in [4.69, 9.17) is 4.74 Å². The molecule has 4 bridgehead atoms. The molecule has 164 valence electrons. The summed E-state index contributed by atoms with van der Waals surface area (Å²) in [5.74, 6) is 2.09. The normalized spacial score (nSPS) is 40.7. The van der Waals surface area contributed by atoms with Crippen LogP contribution in [0.1, 0.15) is 89.2 Å². The lowest BCUT2D eigenvalue weighted by Gasteiger charge is -2.61. The molecule has 1 spiro atoms. The number of hydrogen-bond donors (Lipinski definition) is 1. The molecule has 1 aromatic rings. The standard InChI is InChI=1S/C27H39NO2/c1-3-5-19(2)16-25-10-4-11-27(30-25)24-14-21-8-9-22(29)15-23(21)26(27,18-25)12-13-28(24)17-20-6-7-20/h8-9,15,19-20,24,29H,3-7,10-14,16-18H2,1-2H3/t19?,24-,25-,26-,27-/m1/s1. The lowest BCUT2D eigenvalue weighted by Crippen LogP contribution is -2.70. The third-order valence-corrected chi connectivity index (χ3v) is 9.53. The lowest BCUT2D eigenvalue weighted by atomic mass is 9.53. The van der Waals surface area contributed by atoms with Crippen LogP contribution in [0.5, 0.6) is 5.75 Å². The Balaban J connectivity index is 1.45. The number of phenolic OH excluding ortho intramolecular Hbond substituents is 1. The van der Waals surface area contributed by atoms with E-state index in [1.807, 2.05) is 6.07 Å². The minimum atomic E-state index is -0.0366. The second-order valence-electron chi connectivity index (χ2n) is 11.6. The molecule has 4 fully saturated rings. The Hall–Kier alpha value is -1.06. The predicted octanol–water partition coefficient (Wildman–Crippen LogP) is 5.58. The minimum Gasteiger partial charge on any atom is -0.508 e. The largest absolute Gasteiger partial charge is 0.508 e. The highest BCUT2D eigenvalue weighted by molar-refractivity contribution is 5.50. The van der Waals surface area contributed by atoms with E-state index in [1.165, 1.54) is 88.4 Å². The van der Waals surface area contributed by atoms with Crippen molar-refractivity contribution in [2.75, 3.05) is 13.1 Å². The Kier molecular flexibility index (Phi) is 4.39. The average Bonchev–Trinajstić information content (AvgIpc) is 3.48. The zero-order chi connectivity index (χ0) is 20.6. The molecular weight excluding hydrogens is 370 g/mol. The fraction of sp³-hybridized carbons (Fsp3) is 0.778. The van der Waals surface area contributed by atoms with Crippen LogP contribution in [0.15, 0.2) is 18.2 Å². The van der Waals surface area contributed by atoms with Crippen molar-refractivity contribution in [3.8, 4) is 5.75 Å². The monoisotopic (exact) mass is 409 g/mol. The molecule has 3 aliphatic heterocycles. The molecule has 5 atom stereocenters. The van der Waals surface area contributed by atoms with E-state index in [0.29, 0.717) is 11.8 Å². The van der Waals surface area contributed by atoms with Crippen LogP contribution in [-0.2, 0) is 16.6 Å². The zero-order valence-electron chi connectivity index (χ0n) is 19.0. The Bertz CT molecular complexity index is 834. The molecule has 2 aliphatic carbocycles. The van der Waals surface area contributed by atoms with Crippen molar-refractivity contribution in [1.82, 2.24) is 4.90 Å². The van der Waals surface area contributed by atoms with Crippen molar-refractivity contribution in [3.05, 3.63) is 29.3 Å². The highest BCUT2D eigenvalue weighted by Crippen LogP contribution is 2.68. The zero-order valence-corrected chi connectivity index (χ0v) is 19.0. The quantitative estimate of drug-likeness (QED) is 0.666. The highest BCUT2D eigenvalue weighted by atomic mass is 16.5. The Labute approximate surface area is 182 Å². The maximum Gasteiger partial charge on any atom is 0.115 e. The first kappa shape index (κ1) is 19.6. The van der Waals surface area contributed by atoms with Gasteiger partial charge < -0.3 is 9.84 Å². The van der Waals surface area contributed by atoms with Crippen LogP contribution < -0.4 is 0 Å². The van der Waals surface area contributed by atoms with Gasteiger partial charge in [0.25, 0.3) is 0 Å². The maximum absolute atomic E-state index is 10.4. The Morgan fingerprint density at radius 2 is 2.10 bits per heavy atom. The summed E-state index contributed by atoms with van der Waals surface area (Å²) in [5, 5.41) is 10.4. The van der Waals surface area contributed by atoms with Crippen molar-refractivity contribution in [2.45, 2.75) is 107 Å². The summed E-state index contributed by atoms with van der Waals surface area (Å²) in [7, 11) is 0. The van der Waals surface area contributed by atoms with Gasteiger partial charge in [-0.1, -0.05) is 32.8 Å². The highest BCUT2D eigenvalue weighted by Gasteiger charge is 2.73. The van der Waals surface area contributed by atoms with E-state index >= 15 is 0 Å². The molecule has 3 nitrogen and oxygen atoms in total. The summed E-state index contributed by atoms with van der Waals surface area (Å²) in [6, 6.07) is 6.78. The molecule has 6 rings (SSSR count). The van der Waals surface area contributed by atoms with Crippen molar-refractivity contribution in [1.29, 1.82) is 0 Å². The van der Waals surface area contributed by atoms with Crippen LogP contribution in [0.2, 0.25) is 0 Å². The van der Waals surface area contributed by atoms with Gasteiger partial charge in [-0.2, -0.15) is 0 Å². The van der Waals surface area contributed by atoms with Crippen molar-refractivity contribution >= 4 is 0 Å². The van der Waals surface area contributed by atoms with Crippen LogP contribution in [0.3, 0.4) is 0 Å². The van der Waals surface area contributed by atoms with E-state index in [0.717, 1.165) is 18.3 Å². The predicted molar refractivity (Wildman–Crippen MR) is 120 cm³/mol. The number of likely N-dealkylation sites (tertiary alicyclic amines) is 1. The summed E-state index contributed by atoms with van der Waals surface area (Å²) in [6.45, 7) is 7.24. The number of rotatable bonds is 6. The van der Waals surface area contributed by atoms with Crippen LogP contribution in [-0.4, -0.2) is 40.3 Å². The number of phenols is 1. The summed E-state index contributed by atoms with van der Waals surface area (Å²) < 4.78 is 7.46. The molecule has 3 heterocycles. The molecule has 0 amide bonds. The number of hydrogen-bond acceptors (Lipinski definition) is 3. The second kappa shape index (κ2) is 6.72. The number of fused-ring (bicyclic) bond motifs is 2. The molecule has 30 heavy (non-hydrogen) atoms. The molecular formula is C27H39NO2. The maximum atomic E-state index is 10.4. The van der Waals surface area contributed by atoms with Crippen molar-refractivity contribution in [3.63, 3.8) is 0 Å². The van der Waals surface area contributed by atoms with Gasteiger partial charge in [0.15, 0.2) is 0 Å². The van der Waals surface area contributed by atoms with Crippen LogP contribution in [0.4, 0.5) is 0 Å². The molecule has 1 saturated carbocycles. The Morgan fingerprint density at radius 3 is 2.90 bits per heavy atom. The molecule has 3 heteroatoms. The van der Waals surface area contributed by atoms with Crippen molar-refractivity contribution < 1.29 is 9.84 Å². The summed E-state index contributed by atoms with van der Waals surface area (Å²) >= 11 is 0. The van der Waals surface area contributed by atoms with Gasteiger partial charge in [-0.3, -0.25) is 4.90 Å². The Morgan fingerprint density at radius 1 is 1.23 bits per heavy atom. The molecule has 0 radical (unpaired) electrons. The minimum absolute atomic E-state index is 0.0366. The smallest absolute Gasteiger partial charge is 0.115 e. The van der Waals surface area contributed by atoms with E-state index < -0.39 is 0 Å². The third-order valence-electron chi connectivity index (χ3n) is 9.53. The molecule has 1 aromatic carbocycles. The van der Waals surface area contributed by atoms with Gasteiger partial charge in [-0.05, 0) is 99.4 Å². The number of aromatic hydroxyl groups is 1. The summed E-state index contributed by atoms with van der Waals surface area (Å²) in [6.07, 6.45) is 13.9. The van der Waals surface area contributed by atoms with E-state index in [2.05, 4.69) is 30.9 Å². The molecule has 3 saturated heterocycles. The molecule has 5 aliphatic rings. The number of piperidine rings is 1. The number of nitrogens with zero attached hydrogens (tertiary/aromatic N) is 1. The first-order valence-corrected chi connectivity index (χ1v) is 12.8. The topological polar surface area (TPSA) is 32.7 Å². The molecule has 1 unspecified atom stereocenters. The number of ether oxygens (including phenoxy) is 1. The van der Waals surface area contributed by atoms with Crippen LogP contribution in [0, 0.1) is 11.8 Å². The summed E-state index contributed by atoms with van der Waals surface area (Å²) in [5.41, 5.74) is 3.04. The fourth-order valence-electron chi connectivity index (χ4n) is 8.41. The molecule has 0 aromatic heterocycles. The van der Waals surface area contributed by atoms with E-state index in [9.17, 15) is 5.11 Å². The SMILES string of the molecule is CCCC(C)C[C@@]12CCC[C@@]3(O1)[C@H]1Cc4ccc(O)cc4[C@@]3(CCN1CC1CC1)C2. The van der Waals surface area contributed by atoms with Gasteiger partial charge in [-0.25, -0.2) is 0 Å². The van der Waals surface area contributed by atoms with Gasteiger partial charge in [0.2, 0.25) is 0 Å². The van der Waals surface area contributed by atoms with E-state index in [-0.39, 0.29) is 16.6 Å².